The Hall–Kier alpha value is -3.01. The highest BCUT2D eigenvalue weighted by molar-refractivity contribution is 5.70. The number of allylic oxidation sites excluding steroid dienone is 10. The van der Waals surface area contributed by atoms with Crippen LogP contribution >= 0.6 is 0 Å². The summed E-state index contributed by atoms with van der Waals surface area (Å²) >= 11 is 0. The number of carboxylic acid groups (broad SMARTS) is 1. The van der Waals surface area contributed by atoms with Gasteiger partial charge in [0.15, 0.2) is 12.4 Å². The molecule has 0 heterocycles. The van der Waals surface area contributed by atoms with E-state index in [4.69, 9.17) is 18.9 Å². The van der Waals surface area contributed by atoms with Crippen LogP contribution in [0.1, 0.15) is 168 Å². The van der Waals surface area contributed by atoms with Gasteiger partial charge in [0.1, 0.15) is 13.2 Å². The lowest BCUT2D eigenvalue weighted by atomic mass is 10.1. The van der Waals surface area contributed by atoms with Crippen LogP contribution in [0.5, 0.6) is 0 Å². The number of ether oxygens (including phenoxy) is 4. The van der Waals surface area contributed by atoms with E-state index in [1.165, 1.54) is 64.2 Å². The molecule has 0 aliphatic heterocycles. The summed E-state index contributed by atoms with van der Waals surface area (Å²) in [5.74, 6) is -2.35. The molecule has 2 unspecified atom stereocenters. The fourth-order valence-electron chi connectivity index (χ4n) is 5.75. The molecule has 0 amide bonds. The van der Waals surface area contributed by atoms with Gasteiger partial charge in [-0.1, -0.05) is 139 Å². The smallest absolute Gasteiger partial charge is 0.306 e. The predicted molar refractivity (Wildman–Crippen MR) is 232 cm³/mol. The summed E-state index contributed by atoms with van der Waals surface area (Å²) in [6.45, 7) is 4.55. The van der Waals surface area contributed by atoms with Gasteiger partial charge in [-0.15, -0.1) is 0 Å². The first-order chi connectivity index (χ1) is 27.6. The fourth-order valence-corrected chi connectivity index (χ4v) is 5.75. The number of quaternary nitrogens is 1. The molecule has 57 heavy (non-hydrogen) atoms. The molecule has 0 N–H and O–H groups in total. The van der Waals surface area contributed by atoms with Gasteiger partial charge in [-0.05, 0) is 77.0 Å². The molecule has 0 aliphatic rings. The molecule has 328 valence electrons. The Kier molecular flexibility index (Phi) is 37.7. The SMILES string of the molecule is CC/C=C\C/C=C\C/C=C\C/C=C\CCCCC(=O)OC(COC(=O)CCCCCCCCC/C=C\CCCCCCCC)COC(OCC[N+](C)(C)C)C(=O)[O-]. The number of carbonyl (C=O) groups is 3. The zero-order chi connectivity index (χ0) is 42.1. The molecule has 9 heteroatoms. The molecule has 0 saturated carbocycles. The van der Waals surface area contributed by atoms with Crippen LogP contribution < -0.4 is 5.11 Å². The molecule has 0 radical (unpaired) electrons. The lowest BCUT2D eigenvalue weighted by molar-refractivity contribution is -0.870. The lowest BCUT2D eigenvalue weighted by Crippen LogP contribution is -2.44. The minimum atomic E-state index is -1.63. The highest BCUT2D eigenvalue weighted by atomic mass is 16.7. The van der Waals surface area contributed by atoms with E-state index < -0.39 is 24.3 Å². The van der Waals surface area contributed by atoms with Gasteiger partial charge in [-0.2, -0.15) is 0 Å². The second-order valence-electron chi connectivity index (χ2n) is 16.0. The first-order valence-corrected chi connectivity index (χ1v) is 22.4. The van der Waals surface area contributed by atoms with Crippen molar-refractivity contribution in [2.75, 3.05) is 47.5 Å². The van der Waals surface area contributed by atoms with Crippen LogP contribution in [0.15, 0.2) is 60.8 Å². The zero-order valence-electron chi connectivity index (χ0n) is 36.9. The second kappa shape index (κ2) is 39.8. The van der Waals surface area contributed by atoms with E-state index >= 15 is 0 Å². The van der Waals surface area contributed by atoms with Crippen LogP contribution in [0.4, 0.5) is 0 Å². The fraction of sp³-hybridized carbons (Fsp3) is 0.729. The molecule has 0 spiro atoms. The van der Waals surface area contributed by atoms with Gasteiger partial charge in [0, 0.05) is 12.8 Å². The number of carbonyl (C=O) groups excluding carboxylic acids is 3. The van der Waals surface area contributed by atoms with Crippen LogP contribution in [0.25, 0.3) is 0 Å². The summed E-state index contributed by atoms with van der Waals surface area (Å²) in [4.78, 5) is 36.9. The van der Waals surface area contributed by atoms with Crippen molar-refractivity contribution in [3.8, 4) is 0 Å². The third-order valence-electron chi connectivity index (χ3n) is 9.25. The molecule has 0 rings (SSSR count). The normalized spacial score (nSPS) is 13.5. The molecule has 0 aromatic carbocycles. The standard InChI is InChI=1S/C48H83NO8/c1-6-8-10-12-14-16-18-20-22-23-25-26-28-30-32-34-36-38-45(50)55-42-44(43-56-48(47(52)53)54-41-40-49(3,4)5)57-46(51)39-37-35-33-31-29-27-24-21-19-17-15-13-11-9-7-2/h9,11,15,17,20-22,24,29,31,44,48H,6-8,10,12-14,16,18-19,23,25-28,30,32-43H2,1-5H3/b11-9-,17-15-,22-20-,24-21-,31-29-. The quantitative estimate of drug-likeness (QED) is 0.0198. The van der Waals surface area contributed by atoms with E-state index in [9.17, 15) is 19.5 Å². The number of nitrogens with zero attached hydrogens (tertiary/aromatic N) is 1. The van der Waals surface area contributed by atoms with Crippen molar-refractivity contribution >= 4 is 17.9 Å². The van der Waals surface area contributed by atoms with Crippen LogP contribution in [0, 0.1) is 0 Å². The second-order valence-corrected chi connectivity index (χ2v) is 16.0. The molecule has 9 nitrogen and oxygen atoms in total. The highest BCUT2D eigenvalue weighted by Gasteiger charge is 2.21. The third kappa shape index (κ3) is 41.0. The van der Waals surface area contributed by atoms with E-state index in [1.807, 2.05) is 21.1 Å². The Labute approximate surface area is 348 Å². The molecule has 0 bridgehead atoms. The van der Waals surface area contributed by atoms with Gasteiger partial charge in [0.05, 0.1) is 40.3 Å². The number of esters is 2. The van der Waals surface area contributed by atoms with Gasteiger partial charge in [-0.3, -0.25) is 9.59 Å². The summed E-state index contributed by atoms with van der Waals surface area (Å²) in [5, 5.41) is 11.7. The molecular formula is C48H83NO8. The summed E-state index contributed by atoms with van der Waals surface area (Å²) in [6.07, 6.45) is 44.0. The topological polar surface area (TPSA) is 111 Å². The van der Waals surface area contributed by atoms with Crippen LogP contribution in [-0.4, -0.2) is 82.3 Å². The molecular weight excluding hydrogens is 719 g/mol. The van der Waals surface area contributed by atoms with E-state index in [0.29, 0.717) is 17.4 Å². The number of likely N-dealkylation sites (N-methyl/N-ethyl adjacent to an activating group) is 1. The van der Waals surface area contributed by atoms with Gasteiger partial charge >= 0.3 is 11.9 Å². The molecule has 2 atom stereocenters. The number of rotatable bonds is 40. The number of hydrogen-bond donors (Lipinski definition) is 0. The van der Waals surface area contributed by atoms with E-state index in [2.05, 4.69) is 74.6 Å². The Balaban J connectivity index is 4.51. The van der Waals surface area contributed by atoms with Crippen molar-refractivity contribution < 1.29 is 42.9 Å². The van der Waals surface area contributed by atoms with Crippen molar-refractivity contribution in [1.82, 2.24) is 0 Å². The van der Waals surface area contributed by atoms with Crippen LogP contribution in [0.3, 0.4) is 0 Å². The zero-order valence-corrected chi connectivity index (χ0v) is 36.9. The van der Waals surface area contributed by atoms with Crippen molar-refractivity contribution in [2.24, 2.45) is 0 Å². The average Bonchev–Trinajstić information content (AvgIpc) is 3.17. The van der Waals surface area contributed by atoms with Gasteiger partial charge in [0.2, 0.25) is 0 Å². The Morgan fingerprint density at radius 3 is 1.54 bits per heavy atom. The van der Waals surface area contributed by atoms with Gasteiger partial charge in [-0.25, -0.2) is 0 Å². The summed E-state index contributed by atoms with van der Waals surface area (Å²) in [6, 6.07) is 0. The van der Waals surface area contributed by atoms with Crippen molar-refractivity contribution in [2.45, 2.75) is 180 Å². The maximum absolute atomic E-state index is 12.7. The maximum atomic E-state index is 12.7. The van der Waals surface area contributed by atoms with Gasteiger partial charge < -0.3 is 33.3 Å². The number of hydrogen-bond acceptors (Lipinski definition) is 8. The maximum Gasteiger partial charge on any atom is 0.306 e. The highest BCUT2D eigenvalue weighted by Crippen LogP contribution is 2.13. The van der Waals surface area contributed by atoms with Crippen molar-refractivity contribution in [3.63, 3.8) is 0 Å². The van der Waals surface area contributed by atoms with Crippen molar-refractivity contribution in [3.05, 3.63) is 60.8 Å². The molecule has 0 aliphatic carbocycles. The van der Waals surface area contributed by atoms with E-state index in [1.54, 1.807) is 0 Å². The number of unbranched alkanes of at least 4 members (excludes halogenated alkanes) is 15. The minimum Gasteiger partial charge on any atom is -0.545 e. The third-order valence-corrected chi connectivity index (χ3v) is 9.25. The molecule has 0 aromatic rings. The predicted octanol–water partition coefficient (Wildman–Crippen LogP) is 10.4. The first-order valence-electron chi connectivity index (χ1n) is 22.4. The average molecular weight is 802 g/mol. The molecule has 0 fully saturated rings. The van der Waals surface area contributed by atoms with E-state index in [0.717, 1.165) is 70.6 Å². The molecule has 0 saturated heterocycles. The number of aliphatic carboxylic acids is 1. The van der Waals surface area contributed by atoms with Crippen LogP contribution in [0.2, 0.25) is 0 Å². The minimum absolute atomic E-state index is 0.136. The van der Waals surface area contributed by atoms with Crippen LogP contribution in [-0.2, 0) is 33.3 Å². The lowest BCUT2D eigenvalue weighted by Gasteiger charge is -2.26. The van der Waals surface area contributed by atoms with Gasteiger partial charge in [0.25, 0.3) is 0 Å². The summed E-state index contributed by atoms with van der Waals surface area (Å²) in [7, 11) is 5.89. The van der Waals surface area contributed by atoms with E-state index in [-0.39, 0.29) is 38.6 Å². The van der Waals surface area contributed by atoms with Crippen molar-refractivity contribution in [1.29, 1.82) is 0 Å². The monoisotopic (exact) mass is 802 g/mol. The summed E-state index contributed by atoms with van der Waals surface area (Å²) < 4.78 is 22.5. The number of carboxylic acids is 1. The Morgan fingerprint density at radius 2 is 1.00 bits per heavy atom. The Morgan fingerprint density at radius 1 is 0.544 bits per heavy atom. The Bertz CT molecular complexity index is 1120. The summed E-state index contributed by atoms with van der Waals surface area (Å²) in [5.41, 5.74) is 0. The largest absolute Gasteiger partial charge is 0.545 e. The first kappa shape index (κ1) is 54.0. The molecule has 0 aromatic heterocycles.